The maximum atomic E-state index is 8.77. The number of fused-ring (bicyclic) bond motifs is 1. The van der Waals surface area contributed by atoms with E-state index in [2.05, 4.69) is 21.4 Å². The molecule has 2 aromatic carbocycles. The molecule has 0 atom stereocenters. The topological polar surface area (TPSA) is 73.7 Å². The molecule has 0 saturated carbocycles. The van der Waals surface area contributed by atoms with Crippen LogP contribution in [0.5, 0.6) is 5.75 Å². The molecule has 21 heavy (non-hydrogen) atoms. The van der Waals surface area contributed by atoms with Gasteiger partial charge in [0.15, 0.2) is 0 Å². The Morgan fingerprint density at radius 3 is 2.76 bits per heavy atom. The van der Waals surface area contributed by atoms with E-state index in [4.69, 9.17) is 10.00 Å². The van der Waals surface area contributed by atoms with Gasteiger partial charge in [0.25, 0.3) is 0 Å². The number of nitrogens with one attached hydrogen (secondary N) is 2. The molecular weight excluding hydrogens is 264 g/mol. The lowest BCUT2D eigenvalue weighted by atomic mass is 10.1. The van der Waals surface area contributed by atoms with Gasteiger partial charge in [-0.15, -0.1) is 0 Å². The number of aromatic nitrogens is 2. The molecule has 0 aliphatic heterocycles. The Bertz CT molecular complexity index is 799. The van der Waals surface area contributed by atoms with E-state index >= 15 is 0 Å². The lowest BCUT2D eigenvalue weighted by Gasteiger charge is -2.02. The fourth-order valence-electron chi connectivity index (χ4n) is 2.08. The van der Waals surface area contributed by atoms with Crippen LogP contribution in [-0.2, 0) is 6.54 Å². The summed E-state index contributed by atoms with van der Waals surface area (Å²) in [6, 6.07) is 15.3. The number of H-pyrrole nitrogens is 1. The number of hydrogen-bond acceptors (Lipinski definition) is 4. The number of ether oxygens (including phenoxy) is 1. The van der Waals surface area contributed by atoms with Gasteiger partial charge in [-0.3, -0.25) is 0 Å². The third-order valence-corrected chi connectivity index (χ3v) is 3.23. The second-order valence-electron chi connectivity index (χ2n) is 4.63. The molecule has 0 radical (unpaired) electrons. The number of rotatable bonds is 4. The SMILES string of the molecule is COc1ccc2nc(NCc3ccc(C#N)cc3)[nH]c2c1. The molecule has 3 aromatic rings. The van der Waals surface area contributed by atoms with E-state index in [1.54, 1.807) is 19.2 Å². The smallest absolute Gasteiger partial charge is 0.201 e. The van der Waals surface area contributed by atoms with Gasteiger partial charge in [-0.1, -0.05) is 12.1 Å². The second kappa shape index (κ2) is 5.55. The van der Waals surface area contributed by atoms with Crippen molar-refractivity contribution in [3.05, 3.63) is 53.6 Å². The Labute approximate surface area is 122 Å². The van der Waals surface area contributed by atoms with E-state index in [1.165, 1.54) is 0 Å². The Balaban J connectivity index is 1.74. The Morgan fingerprint density at radius 2 is 2.05 bits per heavy atom. The van der Waals surface area contributed by atoms with Gasteiger partial charge in [-0.05, 0) is 29.8 Å². The molecule has 0 aliphatic carbocycles. The molecule has 5 heteroatoms. The van der Waals surface area contributed by atoms with Gasteiger partial charge in [0.05, 0.1) is 29.8 Å². The first-order valence-corrected chi connectivity index (χ1v) is 6.55. The highest BCUT2D eigenvalue weighted by Gasteiger charge is 2.03. The lowest BCUT2D eigenvalue weighted by molar-refractivity contribution is 0.415. The van der Waals surface area contributed by atoms with E-state index in [0.717, 1.165) is 22.3 Å². The van der Waals surface area contributed by atoms with Crippen molar-refractivity contribution < 1.29 is 4.74 Å². The van der Waals surface area contributed by atoms with E-state index < -0.39 is 0 Å². The molecule has 3 rings (SSSR count). The van der Waals surface area contributed by atoms with E-state index in [0.29, 0.717) is 18.1 Å². The Kier molecular flexibility index (Phi) is 3.44. The van der Waals surface area contributed by atoms with Gasteiger partial charge in [0.2, 0.25) is 5.95 Å². The van der Waals surface area contributed by atoms with Crippen LogP contribution in [0.4, 0.5) is 5.95 Å². The zero-order chi connectivity index (χ0) is 14.7. The molecule has 0 bridgehead atoms. The van der Waals surface area contributed by atoms with E-state index in [-0.39, 0.29) is 0 Å². The molecule has 1 aromatic heterocycles. The molecule has 1 heterocycles. The highest BCUT2D eigenvalue weighted by atomic mass is 16.5. The number of nitriles is 1. The average molecular weight is 278 g/mol. The number of imidazole rings is 1. The van der Waals surface area contributed by atoms with Gasteiger partial charge < -0.3 is 15.0 Å². The zero-order valence-corrected chi connectivity index (χ0v) is 11.6. The molecule has 104 valence electrons. The van der Waals surface area contributed by atoms with Gasteiger partial charge in [-0.2, -0.15) is 5.26 Å². The minimum absolute atomic E-state index is 0.642. The predicted molar refractivity (Wildman–Crippen MR) is 81.1 cm³/mol. The summed E-state index contributed by atoms with van der Waals surface area (Å²) in [5.74, 6) is 1.51. The summed E-state index contributed by atoms with van der Waals surface area (Å²) in [6.45, 7) is 0.642. The van der Waals surface area contributed by atoms with Crippen LogP contribution in [-0.4, -0.2) is 17.1 Å². The lowest BCUT2D eigenvalue weighted by Crippen LogP contribution is -2.00. The summed E-state index contributed by atoms with van der Waals surface area (Å²) in [4.78, 5) is 7.67. The quantitative estimate of drug-likeness (QED) is 0.769. The third kappa shape index (κ3) is 2.79. The van der Waals surface area contributed by atoms with E-state index in [1.807, 2.05) is 30.3 Å². The molecule has 0 saturated heterocycles. The maximum Gasteiger partial charge on any atom is 0.201 e. The van der Waals surface area contributed by atoms with Gasteiger partial charge in [-0.25, -0.2) is 4.98 Å². The fraction of sp³-hybridized carbons (Fsp3) is 0.125. The number of aromatic amines is 1. The number of nitrogens with zero attached hydrogens (tertiary/aromatic N) is 2. The van der Waals surface area contributed by atoms with Crippen molar-refractivity contribution in [1.29, 1.82) is 5.26 Å². The first-order chi connectivity index (χ1) is 10.3. The van der Waals surface area contributed by atoms with Crippen LogP contribution in [0.15, 0.2) is 42.5 Å². The maximum absolute atomic E-state index is 8.77. The highest BCUT2D eigenvalue weighted by molar-refractivity contribution is 5.79. The third-order valence-electron chi connectivity index (χ3n) is 3.23. The van der Waals surface area contributed by atoms with Gasteiger partial charge in [0, 0.05) is 12.6 Å². The molecule has 0 spiro atoms. The predicted octanol–water partition coefficient (Wildman–Crippen LogP) is 3.06. The summed E-state index contributed by atoms with van der Waals surface area (Å²) in [6.07, 6.45) is 0. The van der Waals surface area contributed by atoms with Crippen LogP contribution >= 0.6 is 0 Å². The first kappa shape index (κ1) is 13.0. The van der Waals surface area contributed by atoms with Crippen molar-refractivity contribution in [2.45, 2.75) is 6.54 Å². The highest BCUT2D eigenvalue weighted by Crippen LogP contribution is 2.20. The number of hydrogen-bond donors (Lipinski definition) is 2. The monoisotopic (exact) mass is 278 g/mol. The van der Waals surface area contributed by atoms with E-state index in [9.17, 15) is 0 Å². The summed E-state index contributed by atoms with van der Waals surface area (Å²) in [5.41, 5.74) is 3.57. The Morgan fingerprint density at radius 1 is 1.24 bits per heavy atom. The molecule has 0 unspecified atom stereocenters. The molecule has 0 fully saturated rings. The molecule has 0 amide bonds. The molecular formula is C16H14N4O. The fourth-order valence-corrected chi connectivity index (χ4v) is 2.08. The zero-order valence-electron chi connectivity index (χ0n) is 11.6. The Hall–Kier alpha value is -3.00. The van der Waals surface area contributed by atoms with Crippen LogP contribution in [0, 0.1) is 11.3 Å². The van der Waals surface area contributed by atoms with Gasteiger partial charge in [0.1, 0.15) is 5.75 Å². The summed E-state index contributed by atoms with van der Waals surface area (Å²) >= 11 is 0. The van der Waals surface area contributed by atoms with Crippen LogP contribution < -0.4 is 10.1 Å². The summed E-state index contributed by atoms with van der Waals surface area (Å²) < 4.78 is 5.19. The first-order valence-electron chi connectivity index (χ1n) is 6.55. The standard InChI is InChI=1S/C16H14N4O/c1-21-13-6-7-14-15(8-13)20-16(19-14)18-10-12-4-2-11(9-17)3-5-12/h2-8H,10H2,1H3,(H2,18,19,20). The summed E-state index contributed by atoms with van der Waals surface area (Å²) in [7, 11) is 1.64. The molecule has 5 nitrogen and oxygen atoms in total. The van der Waals surface area contributed by atoms with Crippen LogP contribution in [0.25, 0.3) is 11.0 Å². The minimum atomic E-state index is 0.642. The van der Waals surface area contributed by atoms with Crippen LogP contribution in [0.2, 0.25) is 0 Å². The second-order valence-corrected chi connectivity index (χ2v) is 4.63. The molecule has 2 N–H and O–H groups in total. The van der Waals surface area contributed by atoms with Crippen molar-refractivity contribution in [2.24, 2.45) is 0 Å². The number of benzene rings is 2. The van der Waals surface area contributed by atoms with Crippen molar-refractivity contribution in [3.8, 4) is 11.8 Å². The largest absolute Gasteiger partial charge is 0.497 e. The van der Waals surface area contributed by atoms with Crippen LogP contribution in [0.1, 0.15) is 11.1 Å². The van der Waals surface area contributed by atoms with Crippen LogP contribution in [0.3, 0.4) is 0 Å². The van der Waals surface area contributed by atoms with Crippen molar-refractivity contribution in [3.63, 3.8) is 0 Å². The number of methoxy groups -OCH3 is 1. The van der Waals surface area contributed by atoms with Crippen molar-refractivity contribution in [1.82, 2.24) is 9.97 Å². The van der Waals surface area contributed by atoms with Crippen molar-refractivity contribution in [2.75, 3.05) is 12.4 Å². The normalized spacial score (nSPS) is 10.3. The molecule has 0 aliphatic rings. The van der Waals surface area contributed by atoms with Crippen molar-refractivity contribution >= 4 is 17.0 Å². The average Bonchev–Trinajstić information content (AvgIpc) is 2.95. The number of anilines is 1. The summed E-state index contributed by atoms with van der Waals surface area (Å²) in [5, 5.41) is 12.0. The minimum Gasteiger partial charge on any atom is -0.497 e. The van der Waals surface area contributed by atoms with Gasteiger partial charge >= 0.3 is 0 Å².